The van der Waals surface area contributed by atoms with E-state index in [-0.39, 0.29) is 12.3 Å². The molecule has 4 rings (SSSR count). The first-order chi connectivity index (χ1) is 16.2. The minimum absolute atomic E-state index is 0.209. The monoisotopic (exact) mass is 437 g/mol. The van der Waals surface area contributed by atoms with Gasteiger partial charge < -0.3 is 9.64 Å². The quantitative estimate of drug-likeness (QED) is 0.405. The number of hydrogen-bond acceptors (Lipinski definition) is 5. The van der Waals surface area contributed by atoms with Crippen LogP contribution in [0.3, 0.4) is 0 Å². The maximum Gasteiger partial charge on any atom is 0.272 e. The third kappa shape index (κ3) is 5.08. The van der Waals surface area contributed by atoms with Crippen molar-refractivity contribution >= 4 is 5.91 Å². The molecule has 0 aliphatic rings. The summed E-state index contributed by atoms with van der Waals surface area (Å²) in [6.45, 7) is 0.654. The largest absolute Gasteiger partial charge is 0.497 e. The summed E-state index contributed by atoms with van der Waals surface area (Å²) in [4.78, 5) is 19.5. The van der Waals surface area contributed by atoms with Crippen LogP contribution >= 0.6 is 0 Å². The molecule has 0 unspecified atom stereocenters. The maximum atomic E-state index is 13.7. The molecule has 0 atom stereocenters. The zero-order chi connectivity index (χ0) is 23.0. The van der Waals surface area contributed by atoms with Crippen LogP contribution in [-0.4, -0.2) is 39.2 Å². The van der Waals surface area contributed by atoms with E-state index >= 15 is 0 Å². The molecule has 4 aromatic rings. The molecule has 0 aliphatic heterocycles. The summed E-state index contributed by atoms with van der Waals surface area (Å²) in [6, 6.07) is 24.8. The standard InChI is InChI=1S/C26H23N5O2/c1-33-23-12-10-22(11-13-23)31-25(17-24(29-31)21-8-3-2-4-9-21)26(32)30(16-6-14-27)19-20-7-5-15-28-18-20/h2-5,7-13,15,17-18H,6,16,19H2,1H3. The molecule has 0 saturated heterocycles. The summed E-state index contributed by atoms with van der Waals surface area (Å²) in [7, 11) is 1.61. The molecule has 2 aromatic heterocycles. The first kappa shape index (κ1) is 21.8. The summed E-state index contributed by atoms with van der Waals surface area (Å²) >= 11 is 0. The van der Waals surface area contributed by atoms with Gasteiger partial charge in [-0.2, -0.15) is 10.4 Å². The van der Waals surface area contributed by atoms with E-state index in [9.17, 15) is 4.79 Å². The van der Waals surface area contributed by atoms with Crippen molar-refractivity contribution in [3.05, 3.63) is 96.4 Å². The van der Waals surface area contributed by atoms with Crippen molar-refractivity contribution in [2.45, 2.75) is 13.0 Å². The molecule has 2 aromatic carbocycles. The molecule has 0 fully saturated rings. The van der Waals surface area contributed by atoms with Gasteiger partial charge in [0.15, 0.2) is 0 Å². The van der Waals surface area contributed by atoms with Crippen molar-refractivity contribution in [3.8, 4) is 28.8 Å². The fraction of sp³-hybridized carbons (Fsp3) is 0.154. The Balaban J connectivity index is 1.76. The van der Waals surface area contributed by atoms with E-state index in [2.05, 4.69) is 11.1 Å². The fourth-order valence-corrected chi connectivity index (χ4v) is 3.52. The second-order valence-corrected chi connectivity index (χ2v) is 7.39. The Morgan fingerprint density at radius 3 is 2.55 bits per heavy atom. The SMILES string of the molecule is COc1ccc(-n2nc(-c3ccccc3)cc2C(=O)N(CCC#N)Cc2cccnc2)cc1. The first-order valence-electron chi connectivity index (χ1n) is 10.5. The van der Waals surface area contributed by atoms with Crippen LogP contribution in [0.15, 0.2) is 85.2 Å². The van der Waals surface area contributed by atoms with Crippen molar-refractivity contribution in [3.63, 3.8) is 0 Å². The van der Waals surface area contributed by atoms with Gasteiger partial charge in [-0.25, -0.2) is 4.68 Å². The minimum Gasteiger partial charge on any atom is -0.497 e. The van der Waals surface area contributed by atoms with Crippen molar-refractivity contribution < 1.29 is 9.53 Å². The Kier molecular flexibility index (Phi) is 6.76. The number of methoxy groups -OCH3 is 1. The van der Waals surface area contributed by atoms with Gasteiger partial charge in [0.25, 0.3) is 5.91 Å². The van der Waals surface area contributed by atoms with Gasteiger partial charge in [0.2, 0.25) is 0 Å². The van der Waals surface area contributed by atoms with Gasteiger partial charge in [0, 0.05) is 31.0 Å². The Labute approximate surface area is 192 Å². The molecule has 0 aliphatic carbocycles. The zero-order valence-electron chi connectivity index (χ0n) is 18.3. The lowest BCUT2D eigenvalue weighted by Crippen LogP contribution is -2.33. The molecule has 7 nitrogen and oxygen atoms in total. The minimum atomic E-state index is -0.209. The van der Waals surface area contributed by atoms with E-state index in [1.165, 1.54) is 0 Å². The van der Waals surface area contributed by atoms with E-state index in [1.54, 1.807) is 35.2 Å². The highest BCUT2D eigenvalue weighted by Crippen LogP contribution is 2.24. The number of aromatic nitrogens is 3. The second-order valence-electron chi connectivity index (χ2n) is 7.39. The van der Waals surface area contributed by atoms with Crippen LogP contribution in [0, 0.1) is 11.3 Å². The average Bonchev–Trinajstić information content (AvgIpc) is 3.33. The average molecular weight is 438 g/mol. The maximum absolute atomic E-state index is 13.7. The number of pyridine rings is 1. The molecule has 164 valence electrons. The number of nitrogens with zero attached hydrogens (tertiary/aromatic N) is 5. The molecule has 0 spiro atoms. The van der Waals surface area contributed by atoms with Crippen LogP contribution in [0.2, 0.25) is 0 Å². The van der Waals surface area contributed by atoms with Crippen molar-refractivity contribution in [1.29, 1.82) is 5.26 Å². The van der Waals surface area contributed by atoms with E-state index in [0.717, 1.165) is 16.8 Å². The van der Waals surface area contributed by atoms with Crippen molar-refractivity contribution in [2.75, 3.05) is 13.7 Å². The number of nitriles is 1. The number of carbonyl (C=O) groups excluding carboxylic acids is 1. The number of benzene rings is 2. The Morgan fingerprint density at radius 2 is 1.88 bits per heavy atom. The highest BCUT2D eigenvalue weighted by atomic mass is 16.5. The molecule has 0 N–H and O–H groups in total. The Morgan fingerprint density at radius 1 is 1.09 bits per heavy atom. The van der Waals surface area contributed by atoms with Crippen molar-refractivity contribution in [1.82, 2.24) is 19.7 Å². The lowest BCUT2D eigenvalue weighted by molar-refractivity contribution is 0.0737. The zero-order valence-corrected chi connectivity index (χ0v) is 18.3. The van der Waals surface area contributed by atoms with Crippen LogP contribution in [0.25, 0.3) is 16.9 Å². The summed E-state index contributed by atoms with van der Waals surface area (Å²) in [5.74, 6) is 0.508. The van der Waals surface area contributed by atoms with Gasteiger partial charge in [0.1, 0.15) is 11.4 Å². The predicted molar refractivity (Wildman–Crippen MR) is 125 cm³/mol. The first-order valence-corrected chi connectivity index (χ1v) is 10.5. The molecule has 33 heavy (non-hydrogen) atoms. The highest BCUT2D eigenvalue weighted by Gasteiger charge is 2.23. The Bertz CT molecular complexity index is 1250. The van der Waals surface area contributed by atoms with E-state index < -0.39 is 0 Å². The molecular weight excluding hydrogens is 414 g/mol. The molecule has 0 bridgehead atoms. The lowest BCUT2D eigenvalue weighted by Gasteiger charge is -2.22. The van der Waals surface area contributed by atoms with Crippen LogP contribution in [0.1, 0.15) is 22.5 Å². The van der Waals surface area contributed by atoms with E-state index in [4.69, 9.17) is 15.1 Å². The molecular formula is C26H23N5O2. The van der Waals surface area contributed by atoms with Crippen LogP contribution in [0.4, 0.5) is 0 Å². The van der Waals surface area contributed by atoms with Crippen LogP contribution < -0.4 is 4.74 Å². The molecule has 1 amide bonds. The summed E-state index contributed by atoms with van der Waals surface area (Å²) in [5.41, 5.74) is 3.65. The number of carbonyl (C=O) groups is 1. The van der Waals surface area contributed by atoms with Gasteiger partial charge >= 0.3 is 0 Å². The smallest absolute Gasteiger partial charge is 0.272 e. The number of amides is 1. The summed E-state index contributed by atoms with van der Waals surface area (Å²) in [5, 5.41) is 13.9. The number of hydrogen-bond donors (Lipinski definition) is 0. The highest BCUT2D eigenvalue weighted by molar-refractivity contribution is 5.94. The second kappa shape index (κ2) is 10.2. The van der Waals surface area contributed by atoms with Gasteiger partial charge in [-0.15, -0.1) is 0 Å². The number of ether oxygens (including phenoxy) is 1. The van der Waals surface area contributed by atoms with Gasteiger partial charge in [-0.05, 0) is 42.0 Å². The third-order valence-electron chi connectivity index (χ3n) is 5.19. The normalized spacial score (nSPS) is 10.4. The van der Waals surface area contributed by atoms with Crippen LogP contribution in [0.5, 0.6) is 5.75 Å². The van der Waals surface area contributed by atoms with Gasteiger partial charge in [-0.1, -0.05) is 36.4 Å². The van der Waals surface area contributed by atoms with Crippen molar-refractivity contribution in [2.24, 2.45) is 0 Å². The molecule has 2 heterocycles. The fourth-order valence-electron chi connectivity index (χ4n) is 3.52. The molecule has 0 radical (unpaired) electrons. The third-order valence-corrected chi connectivity index (χ3v) is 5.19. The van der Waals surface area contributed by atoms with Crippen LogP contribution in [-0.2, 0) is 6.54 Å². The van der Waals surface area contributed by atoms with Gasteiger partial charge in [-0.3, -0.25) is 9.78 Å². The predicted octanol–water partition coefficient (Wildman–Crippen LogP) is 4.50. The topological polar surface area (TPSA) is 84.0 Å². The number of rotatable bonds is 8. The molecule has 7 heteroatoms. The lowest BCUT2D eigenvalue weighted by atomic mass is 10.1. The Hall–Kier alpha value is -4.44. The summed E-state index contributed by atoms with van der Waals surface area (Å²) < 4.78 is 6.91. The van der Waals surface area contributed by atoms with Gasteiger partial charge in [0.05, 0.1) is 31.0 Å². The van der Waals surface area contributed by atoms with E-state index in [1.807, 2.05) is 66.7 Å². The summed E-state index contributed by atoms with van der Waals surface area (Å²) in [6.07, 6.45) is 3.65. The molecule has 0 saturated carbocycles. The van der Waals surface area contributed by atoms with E-state index in [0.29, 0.717) is 30.2 Å².